The molecular formula is C17H27NO2. The molecule has 0 aliphatic carbocycles. The lowest BCUT2D eigenvalue weighted by atomic mass is 10.1. The van der Waals surface area contributed by atoms with Crippen LogP contribution in [0.4, 0.5) is 0 Å². The average Bonchev–Trinajstić information content (AvgIpc) is 2.51. The van der Waals surface area contributed by atoms with E-state index < -0.39 is 0 Å². The van der Waals surface area contributed by atoms with Crippen molar-refractivity contribution in [3.05, 3.63) is 29.8 Å². The molecule has 1 heterocycles. The Kier molecular flexibility index (Phi) is 6.89. The molecule has 112 valence electrons. The molecule has 0 bridgehead atoms. The first kappa shape index (κ1) is 15.3. The fourth-order valence-corrected chi connectivity index (χ4v) is 2.50. The minimum Gasteiger partial charge on any atom is -0.494 e. The molecule has 2 rings (SSSR count). The van der Waals surface area contributed by atoms with E-state index in [-0.39, 0.29) is 0 Å². The first-order chi connectivity index (χ1) is 9.88. The van der Waals surface area contributed by atoms with Crippen molar-refractivity contribution >= 4 is 0 Å². The van der Waals surface area contributed by atoms with Gasteiger partial charge in [-0.25, -0.2) is 0 Å². The molecule has 1 N–H and O–H groups in total. The number of nitrogens with one attached hydrogen (secondary N) is 1. The van der Waals surface area contributed by atoms with Gasteiger partial charge in [0, 0.05) is 13.2 Å². The lowest BCUT2D eigenvalue weighted by Crippen LogP contribution is -2.25. The summed E-state index contributed by atoms with van der Waals surface area (Å²) in [7, 11) is 0. The Bertz CT molecular complexity index is 375. The van der Waals surface area contributed by atoms with Gasteiger partial charge in [0.2, 0.25) is 0 Å². The summed E-state index contributed by atoms with van der Waals surface area (Å²) in [5, 5.41) is 3.50. The lowest BCUT2D eigenvalue weighted by molar-refractivity contribution is 0.0115. The number of ether oxygens (including phenoxy) is 2. The first-order valence-electron chi connectivity index (χ1n) is 7.92. The third-order valence-electron chi connectivity index (χ3n) is 3.62. The molecule has 0 amide bonds. The number of rotatable bonds is 8. The van der Waals surface area contributed by atoms with Crippen molar-refractivity contribution in [1.29, 1.82) is 0 Å². The largest absolute Gasteiger partial charge is 0.494 e. The molecule has 1 fully saturated rings. The molecule has 1 saturated heterocycles. The highest BCUT2D eigenvalue weighted by atomic mass is 16.5. The van der Waals surface area contributed by atoms with E-state index in [1.165, 1.54) is 24.8 Å². The van der Waals surface area contributed by atoms with Gasteiger partial charge in [-0.2, -0.15) is 0 Å². The van der Waals surface area contributed by atoms with Crippen molar-refractivity contribution in [2.45, 2.75) is 51.7 Å². The Hall–Kier alpha value is -1.06. The zero-order valence-electron chi connectivity index (χ0n) is 12.6. The van der Waals surface area contributed by atoms with Gasteiger partial charge in [0.25, 0.3) is 0 Å². The predicted octanol–water partition coefficient (Wildman–Crippen LogP) is 3.52. The van der Waals surface area contributed by atoms with Crippen LogP contribution in [-0.4, -0.2) is 25.9 Å². The molecular weight excluding hydrogens is 250 g/mol. The second-order valence-corrected chi connectivity index (χ2v) is 5.45. The smallest absolute Gasteiger partial charge is 0.119 e. The van der Waals surface area contributed by atoms with Crippen molar-refractivity contribution in [2.24, 2.45) is 0 Å². The highest BCUT2D eigenvalue weighted by molar-refractivity contribution is 5.28. The molecule has 1 aromatic rings. The van der Waals surface area contributed by atoms with Crippen LogP contribution in [0.5, 0.6) is 5.75 Å². The molecule has 0 saturated carbocycles. The Morgan fingerprint density at radius 3 is 3.10 bits per heavy atom. The number of hydrogen-bond donors (Lipinski definition) is 1. The van der Waals surface area contributed by atoms with Crippen molar-refractivity contribution in [3.8, 4) is 5.75 Å². The molecule has 1 atom stereocenters. The van der Waals surface area contributed by atoms with Gasteiger partial charge < -0.3 is 14.8 Å². The van der Waals surface area contributed by atoms with Gasteiger partial charge in [-0.3, -0.25) is 0 Å². The van der Waals surface area contributed by atoms with E-state index >= 15 is 0 Å². The van der Waals surface area contributed by atoms with E-state index in [4.69, 9.17) is 9.47 Å². The van der Waals surface area contributed by atoms with Crippen LogP contribution in [0, 0.1) is 0 Å². The third kappa shape index (κ3) is 5.51. The zero-order valence-corrected chi connectivity index (χ0v) is 12.6. The highest BCUT2D eigenvalue weighted by Crippen LogP contribution is 2.15. The molecule has 0 radical (unpaired) electrons. The van der Waals surface area contributed by atoms with Crippen LogP contribution in [0.25, 0.3) is 0 Å². The minimum atomic E-state index is 0.468. The second kappa shape index (κ2) is 8.98. The number of hydrogen-bond acceptors (Lipinski definition) is 3. The summed E-state index contributed by atoms with van der Waals surface area (Å²) >= 11 is 0. The van der Waals surface area contributed by atoms with Gasteiger partial charge in [-0.1, -0.05) is 19.1 Å². The SMILES string of the molecule is CCCOc1cccc(CNCCC2CCCCO2)c1. The summed E-state index contributed by atoms with van der Waals surface area (Å²) in [5.41, 5.74) is 1.28. The van der Waals surface area contributed by atoms with Gasteiger partial charge in [-0.05, 0) is 56.3 Å². The van der Waals surface area contributed by atoms with Crippen molar-refractivity contribution in [2.75, 3.05) is 19.8 Å². The van der Waals surface area contributed by atoms with E-state index in [0.29, 0.717) is 6.10 Å². The highest BCUT2D eigenvalue weighted by Gasteiger charge is 2.12. The van der Waals surface area contributed by atoms with E-state index in [0.717, 1.165) is 44.9 Å². The fourth-order valence-electron chi connectivity index (χ4n) is 2.50. The van der Waals surface area contributed by atoms with Crippen LogP contribution in [0.3, 0.4) is 0 Å². The first-order valence-corrected chi connectivity index (χ1v) is 7.92. The summed E-state index contributed by atoms with van der Waals surface area (Å²) in [4.78, 5) is 0. The molecule has 1 aliphatic rings. The Labute approximate surface area is 122 Å². The molecule has 1 unspecified atom stereocenters. The van der Waals surface area contributed by atoms with Gasteiger partial charge in [0.15, 0.2) is 0 Å². The summed E-state index contributed by atoms with van der Waals surface area (Å²) < 4.78 is 11.4. The van der Waals surface area contributed by atoms with E-state index in [1.807, 2.05) is 6.07 Å². The molecule has 3 nitrogen and oxygen atoms in total. The molecule has 3 heteroatoms. The summed E-state index contributed by atoms with van der Waals surface area (Å²) in [6.07, 6.45) is 6.41. The van der Waals surface area contributed by atoms with E-state index in [9.17, 15) is 0 Å². The minimum absolute atomic E-state index is 0.468. The number of benzene rings is 1. The van der Waals surface area contributed by atoms with Crippen LogP contribution in [0.1, 0.15) is 44.6 Å². The maximum absolute atomic E-state index is 5.73. The van der Waals surface area contributed by atoms with Crippen LogP contribution >= 0.6 is 0 Å². The van der Waals surface area contributed by atoms with Gasteiger partial charge >= 0.3 is 0 Å². The molecule has 20 heavy (non-hydrogen) atoms. The Balaban J connectivity index is 1.65. The molecule has 1 aliphatic heterocycles. The summed E-state index contributed by atoms with van der Waals surface area (Å²) in [6, 6.07) is 8.35. The second-order valence-electron chi connectivity index (χ2n) is 5.45. The van der Waals surface area contributed by atoms with Crippen LogP contribution in [-0.2, 0) is 11.3 Å². The van der Waals surface area contributed by atoms with Gasteiger partial charge in [-0.15, -0.1) is 0 Å². The maximum Gasteiger partial charge on any atom is 0.119 e. The van der Waals surface area contributed by atoms with Crippen LogP contribution in [0.2, 0.25) is 0 Å². The summed E-state index contributed by atoms with van der Waals surface area (Å²) in [6.45, 7) is 5.77. The van der Waals surface area contributed by atoms with Crippen LogP contribution < -0.4 is 10.1 Å². The Morgan fingerprint density at radius 1 is 1.35 bits per heavy atom. The van der Waals surface area contributed by atoms with E-state index in [1.54, 1.807) is 0 Å². The lowest BCUT2D eigenvalue weighted by Gasteiger charge is -2.22. The quantitative estimate of drug-likeness (QED) is 0.737. The standard InChI is InChI=1S/C17H27NO2/c1-2-11-19-17-8-5-6-15(13-17)14-18-10-9-16-7-3-4-12-20-16/h5-6,8,13,16,18H,2-4,7,9-12,14H2,1H3. The normalized spacial score (nSPS) is 18.9. The predicted molar refractivity (Wildman–Crippen MR) is 82.1 cm³/mol. The fraction of sp³-hybridized carbons (Fsp3) is 0.647. The average molecular weight is 277 g/mol. The summed E-state index contributed by atoms with van der Waals surface area (Å²) in [5.74, 6) is 0.974. The van der Waals surface area contributed by atoms with Crippen molar-refractivity contribution < 1.29 is 9.47 Å². The Morgan fingerprint density at radius 2 is 2.30 bits per heavy atom. The van der Waals surface area contributed by atoms with Crippen molar-refractivity contribution in [1.82, 2.24) is 5.32 Å². The maximum atomic E-state index is 5.73. The molecule has 0 aromatic heterocycles. The topological polar surface area (TPSA) is 30.5 Å². The van der Waals surface area contributed by atoms with Gasteiger partial charge in [0.05, 0.1) is 12.7 Å². The van der Waals surface area contributed by atoms with Crippen LogP contribution in [0.15, 0.2) is 24.3 Å². The molecule has 1 aromatic carbocycles. The monoisotopic (exact) mass is 277 g/mol. The van der Waals surface area contributed by atoms with E-state index in [2.05, 4.69) is 30.4 Å². The van der Waals surface area contributed by atoms with Crippen molar-refractivity contribution in [3.63, 3.8) is 0 Å². The molecule has 0 spiro atoms. The third-order valence-corrected chi connectivity index (χ3v) is 3.62. The van der Waals surface area contributed by atoms with Gasteiger partial charge in [0.1, 0.15) is 5.75 Å². The zero-order chi connectivity index (χ0) is 14.0.